The highest BCUT2D eigenvalue weighted by Gasteiger charge is 2.32. The number of ether oxygens (including phenoxy) is 1. The van der Waals surface area contributed by atoms with Crippen LogP contribution in [0.25, 0.3) is 0 Å². The van der Waals surface area contributed by atoms with Crippen LogP contribution in [0.4, 0.5) is 5.69 Å². The molecule has 1 atom stereocenters. The van der Waals surface area contributed by atoms with Crippen molar-refractivity contribution in [3.8, 4) is 5.75 Å². The SMILES string of the molecule is Cc1nc2n(n1)CCN(Cc1ccc3c(c1)N(C)C(=O)[C@H](NC(=O)c1n[nH]c(Cc4ccccc4)n1)CO3)C2. The number of carbonyl (C=O) groups excluding carboxylic acids is 2. The second kappa shape index (κ2) is 10.3. The highest BCUT2D eigenvalue weighted by atomic mass is 16.5. The molecule has 0 radical (unpaired) electrons. The molecule has 0 spiro atoms. The van der Waals surface area contributed by atoms with Gasteiger partial charge in [0, 0.05) is 26.6 Å². The quantitative estimate of drug-likeness (QED) is 0.385. The lowest BCUT2D eigenvalue weighted by Crippen LogP contribution is -2.49. The van der Waals surface area contributed by atoms with Gasteiger partial charge in [0.2, 0.25) is 5.82 Å². The molecule has 4 heterocycles. The Hall–Kier alpha value is -4.58. The van der Waals surface area contributed by atoms with Gasteiger partial charge in [-0.15, -0.1) is 5.10 Å². The van der Waals surface area contributed by atoms with Crippen molar-refractivity contribution in [2.45, 2.75) is 39.0 Å². The number of aryl methyl sites for hydroxylation is 1. The maximum atomic E-state index is 13.3. The molecule has 0 aliphatic carbocycles. The molecule has 2 N–H and O–H groups in total. The number of rotatable bonds is 6. The number of anilines is 1. The molecule has 4 aromatic rings. The number of aromatic amines is 1. The molecule has 2 aliphatic heterocycles. The summed E-state index contributed by atoms with van der Waals surface area (Å²) in [5.74, 6) is 2.06. The van der Waals surface area contributed by atoms with Crippen molar-refractivity contribution >= 4 is 17.5 Å². The predicted molar refractivity (Wildman–Crippen MR) is 141 cm³/mol. The summed E-state index contributed by atoms with van der Waals surface area (Å²) >= 11 is 0. The minimum Gasteiger partial charge on any atom is -0.489 e. The molecule has 6 rings (SSSR count). The predicted octanol–water partition coefficient (Wildman–Crippen LogP) is 1.47. The fourth-order valence-corrected chi connectivity index (χ4v) is 4.94. The Bertz CT molecular complexity index is 1510. The Labute approximate surface area is 225 Å². The van der Waals surface area contributed by atoms with Gasteiger partial charge in [-0.2, -0.15) is 5.10 Å². The largest absolute Gasteiger partial charge is 0.489 e. The third-order valence-corrected chi connectivity index (χ3v) is 6.93. The third kappa shape index (κ3) is 5.23. The number of benzene rings is 2. The fraction of sp³-hybridized carbons (Fsp3) is 0.333. The third-order valence-electron chi connectivity index (χ3n) is 6.93. The molecule has 200 valence electrons. The summed E-state index contributed by atoms with van der Waals surface area (Å²) in [5, 5.41) is 14.0. The van der Waals surface area contributed by atoms with E-state index < -0.39 is 11.9 Å². The van der Waals surface area contributed by atoms with Crippen LogP contribution >= 0.6 is 0 Å². The van der Waals surface area contributed by atoms with E-state index in [1.165, 1.54) is 4.90 Å². The summed E-state index contributed by atoms with van der Waals surface area (Å²) in [6, 6.07) is 14.7. The zero-order valence-corrected chi connectivity index (χ0v) is 21.8. The molecule has 12 nitrogen and oxygen atoms in total. The van der Waals surface area contributed by atoms with Gasteiger partial charge in [0.05, 0.1) is 18.8 Å². The summed E-state index contributed by atoms with van der Waals surface area (Å²) in [6.45, 7) is 4.98. The summed E-state index contributed by atoms with van der Waals surface area (Å²) < 4.78 is 7.91. The number of carbonyl (C=O) groups is 2. The Morgan fingerprint density at radius 1 is 1.13 bits per heavy atom. The molecule has 0 saturated carbocycles. The second-order valence-corrected chi connectivity index (χ2v) is 9.81. The molecule has 2 amide bonds. The van der Waals surface area contributed by atoms with E-state index in [9.17, 15) is 9.59 Å². The van der Waals surface area contributed by atoms with Crippen molar-refractivity contribution in [3.63, 3.8) is 0 Å². The van der Waals surface area contributed by atoms with Gasteiger partial charge >= 0.3 is 0 Å². The smallest absolute Gasteiger partial charge is 0.291 e. The summed E-state index contributed by atoms with van der Waals surface area (Å²) in [6.07, 6.45) is 0.518. The van der Waals surface area contributed by atoms with Gasteiger partial charge in [0.25, 0.3) is 11.8 Å². The highest BCUT2D eigenvalue weighted by Crippen LogP contribution is 2.32. The number of hydrogen-bond acceptors (Lipinski definition) is 8. The van der Waals surface area contributed by atoms with E-state index in [0.717, 1.165) is 35.9 Å². The normalized spacial score (nSPS) is 17.2. The maximum Gasteiger partial charge on any atom is 0.291 e. The zero-order valence-electron chi connectivity index (χ0n) is 21.8. The van der Waals surface area contributed by atoms with Gasteiger partial charge in [-0.05, 0) is 30.2 Å². The fourth-order valence-electron chi connectivity index (χ4n) is 4.94. The van der Waals surface area contributed by atoms with Crippen LogP contribution in [0.3, 0.4) is 0 Å². The number of aromatic nitrogens is 6. The number of amides is 2. The molecular weight excluding hydrogens is 498 g/mol. The lowest BCUT2D eigenvalue weighted by Gasteiger charge is -2.27. The molecular formula is C27H29N9O3. The van der Waals surface area contributed by atoms with Crippen molar-refractivity contribution in [3.05, 3.63) is 83.0 Å². The van der Waals surface area contributed by atoms with Crippen molar-refractivity contribution in [1.29, 1.82) is 0 Å². The maximum absolute atomic E-state index is 13.3. The molecule has 0 fully saturated rings. The summed E-state index contributed by atoms with van der Waals surface area (Å²) in [4.78, 5) is 38.8. The van der Waals surface area contributed by atoms with Gasteiger partial charge < -0.3 is 15.0 Å². The number of likely N-dealkylation sites (N-methyl/N-ethyl adjacent to an activating group) is 1. The summed E-state index contributed by atoms with van der Waals surface area (Å²) in [5.41, 5.74) is 2.76. The van der Waals surface area contributed by atoms with E-state index in [1.807, 2.05) is 60.1 Å². The van der Waals surface area contributed by atoms with Crippen LogP contribution in [0.1, 0.15) is 39.2 Å². The monoisotopic (exact) mass is 527 g/mol. The average Bonchev–Trinajstić information content (AvgIpc) is 3.54. The molecule has 0 saturated heterocycles. The minimum absolute atomic E-state index is 0.00366. The first-order chi connectivity index (χ1) is 18.9. The van der Waals surface area contributed by atoms with Gasteiger partial charge in [-0.3, -0.25) is 19.6 Å². The minimum atomic E-state index is -0.883. The van der Waals surface area contributed by atoms with Crippen molar-refractivity contribution in [2.24, 2.45) is 0 Å². The van der Waals surface area contributed by atoms with Gasteiger partial charge in [-0.25, -0.2) is 14.6 Å². The van der Waals surface area contributed by atoms with Crippen LogP contribution in [0.5, 0.6) is 5.75 Å². The number of H-pyrrole nitrogens is 1. The molecule has 2 aromatic heterocycles. The van der Waals surface area contributed by atoms with Crippen LogP contribution in [-0.2, 0) is 30.8 Å². The van der Waals surface area contributed by atoms with Gasteiger partial charge in [0.15, 0.2) is 0 Å². The van der Waals surface area contributed by atoms with Crippen molar-refractivity contribution < 1.29 is 14.3 Å². The first kappa shape index (κ1) is 24.7. The summed E-state index contributed by atoms with van der Waals surface area (Å²) in [7, 11) is 1.69. The molecule has 12 heteroatoms. The van der Waals surface area contributed by atoms with E-state index in [-0.39, 0.29) is 18.3 Å². The van der Waals surface area contributed by atoms with Crippen LogP contribution in [0.2, 0.25) is 0 Å². The second-order valence-electron chi connectivity index (χ2n) is 9.81. The highest BCUT2D eigenvalue weighted by molar-refractivity contribution is 6.02. The van der Waals surface area contributed by atoms with Crippen LogP contribution < -0.4 is 15.0 Å². The van der Waals surface area contributed by atoms with Crippen LogP contribution in [0, 0.1) is 6.92 Å². The van der Waals surface area contributed by atoms with E-state index in [1.54, 1.807) is 7.05 Å². The Morgan fingerprint density at radius 2 is 1.97 bits per heavy atom. The zero-order chi connectivity index (χ0) is 26.9. The van der Waals surface area contributed by atoms with Crippen LogP contribution in [0.15, 0.2) is 48.5 Å². The molecule has 2 aromatic carbocycles. The van der Waals surface area contributed by atoms with Crippen molar-refractivity contribution in [2.75, 3.05) is 25.1 Å². The molecule has 0 bridgehead atoms. The van der Waals surface area contributed by atoms with E-state index in [4.69, 9.17) is 4.74 Å². The number of nitrogens with zero attached hydrogens (tertiary/aromatic N) is 7. The number of nitrogens with one attached hydrogen (secondary N) is 2. The average molecular weight is 528 g/mol. The first-order valence-electron chi connectivity index (χ1n) is 12.8. The van der Waals surface area contributed by atoms with Gasteiger partial charge in [-0.1, -0.05) is 36.4 Å². The van der Waals surface area contributed by atoms with Gasteiger partial charge in [0.1, 0.15) is 35.9 Å². The Kier molecular flexibility index (Phi) is 6.53. The van der Waals surface area contributed by atoms with E-state index in [0.29, 0.717) is 36.8 Å². The molecule has 39 heavy (non-hydrogen) atoms. The van der Waals surface area contributed by atoms with E-state index >= 15 is 0 Å². The molecule has 0 unspecified atom stereocenters. The Balaban J connectivity index is 1.11. The molecule has 2 aliphatic rings. The standard InChI is InChI=1S/C27H29N9O3/c1-17-28-24-15-35(10-11-36(24)33-17)14-19-8-9-22-21(12-19)34(2)27(38)20(16-39-22)29-26(37)25-30-23(31-32-25)13-18-6-4-3-5-7-18/h3-9,12,20H,10-11,13-16H2,1-2H3,(H,29,37)(H,30,31,32)/t20-/m1/s1. The Morgan fingerprint density at radius 3 is 2.82 bits per heavy atom. The van der Waals surface area contributed by atoms with Crippen LogP contribution in [-0.4, -0.2) is 72.9 Å². The lowest BCUT2D eigenvalue weighted by atomic mass is 10.1. The topological polar surface area (TPSA) is 134 Å². The van der Waals surface area contributed by atoms with E-state index in [2.05, 4.69) is 35.5 Å². The number of fused-ring (bicyclic) bond motifs is 2. The number of hydrogen-bond donors (Lipinski definition) is 2. The lowest BCUT2D eigenvalue weighted by molar-refractivity contribution is -0.120. The first-order valence-corrected chi connectivity index (χ1v) is 12.8. The van der Waals surface area contributed by atoms with Crippen molar-refractivity contribution in [1.82, 2.24) is 40.2 Å².